The van der Waals surface area contributed by atoms with E-state index in [0.717, 1.165) is 37.7 Å². The van der Waals surface area contributed by atoms with Crippen molar-refractivity contribution in [3.63, 3.8) is 0 Å². The molecule has 0 aliphatic heterocycles. The van der Waals surface area contributed by atoms with Gasteiger partial charge in [0.05, 0.1) is 0 Å². The van der Waals surface area contributed by atoms with Crippen LogP contribution in [0.2, 0.25) is 5.02 Å². The minimum Gasteiger partial charge on any atom is -0.504 e. The molecular formula is C15H21ClO4. The van der Waals surface area contributed by atoms with E-state index in [4.69, 9.17) is 16.7 Å². The molecule has 1 aromatic rings. The minimum atomic E-state index is -1.46. The molecule has 5 heteroatoms. The summed E-state index contributed by atoms with van der Waals surface area (Å²) in [6.07, 6.45) is 3.86. The first-order valence-electron chi connectivity index (χ1n) is 6.95. The molecule has 0 unspecified atom stereocenters. The zero-order chi connectivity index (χ0) is 15.1. The fourth-order valence-electron chi connectivity index (χ4n) is 2.12. The van der Waals surface area contributed by atoms with Gasteiger partial charge in [-0.1, -0.05) is 38.3 Å². The van der Waals surface area contributed by atoms with Gasteiger partial charge in [0.15, 0.2) is 11.5 Å². The fraction of sp³-hybridized carbons (Fsp3) is 0.533. The molecule has 0 bridgehead atoms. The summed E-state index contributed by atoms with van der Waals surface area (Å²) in [6.45, 7) is 4.14. The summed E-state index contributed by atoms with van der Waals surface area (Å²) >= 11 is 6.22. The van der Waals surface area contributed by atoms with E-state index in [1.807, 2.05) is 0 Å². The number of halogens is 1. The normalized spacial score (nSPS) is 10.6. The lowest BCUT2D eigenvalue weighted by Crippen LogP contribution is -2.06. The molecule has 0 saturated carbocycles. The summed E-state index contributed by atoms with van der Waals surface area (Å²) in [5.74, 6) is -0.190. The molecule has 0 amide bonds. The van der Waals surface area contributed by atoms with E-state index >= 15 is 0 Å². The number of phenolic OH excluding ortho intramolecular Hbond substituents is 1. The van der Waals surface area contributed by atoms with Gasteiger partial charge in [0.1, 0.15) is 0 Å². The first-order valence-corrected chi connectivity index (χ1v) is 7.33. The molecule has 0 aliphatic rings. The third-order valence-electron chi connectivity index (χ3n) is 3.19. The molecular weight excluding hydrogens is 280 g/mol. The van der Waals surface area contributed by atoms with Crippen molar-refractivity contribution >= 4 is 17.8 Å². The number of rotatable bonds is 7. The van der Waals surface area contributed by atoms with Gasteiger partial charge in [0, 0.05) is 16.7 Å². The Bertz CT molecular complexity index is 471. The second-order valence-electron chi connectivity index (χ2n) is 4.74. The van der Waals surface area contributed by atoms with Crippen LogP contribution >= 0.6 is 11.6 Å². The minimum absolute atomic E-state index is 0.0890. The zero-order valence-electron chi connectivity index (χ0n) is 11.9. The highest BCUT2D eigenvalue weighted by Gasteiger charge is 2.18. The predicted octanol–water partition coefficient (Wildman–Crippen LogP) is 4.79. The number of ether oxygens (including phenoxy) is 1. The summed E-state index contributed by atoms with van der Waals surface area (Å²) in [4.78, 5) is 10.6. The van der Waals surface area contributed by atoms with Gasteiger partial charge in [-0.2, -0.15) is 0 Å². The molecule has 0 spiro atoms. The first kappa shape index (κ1) is 16.6. The lowest BCUT2D eigenvalue weighted by Gasteiger charge is -2.16. The van der Waals surface area contributed by atoms with Gasteiger partial charge >= 0.3 is 6.16 Å². The summed E-state index contributed by atoms with van der Waals surface area (Å²) in [6, 6.07) is 1.38. The Morgan fingerprint density at radius 2 is 1.75 bits per heavy atom. The van der Waals surface area contributed by atoms with Crippen LogP contribution in [0.3, 0.4) is 0 Å². The van der Waals surface area contributed by atoms with Crippen molar-refractivity contribution in [2.24, 2.45) is 0 Å². The van der Waals surface area contributed by atoms with Crippen LogP contribution in [0.15, 0.2) is 6.07 Å². The van der Waals surface area contributed by atoms with Crippen molar-refractivity contribution in [3.05, 3.63) is 22.2 Å². The van der Waals surface area contributed by atoms with E-state index in [1.165, 1.54) is 6.07 Å². The molecule has 1 aromatic carbocycles. The Hall–Kier alpha value is -1.42. The van der Waals surface area contributed by atoms with Crippen LogP contribution < -0.4 is 4.74 Å². The summed E-state index contributed by atoms with van der Waals surface area (Å²) in [5.41, 5.74) is 1.61. The van der Waals surface area contributed by atoms with Crippen LogP contribution in [0.1, 0.15) is 50.7 Å². The van der Waals surface area contributed by atoms with Crippen molar-refractivity contribution in [2.45, 2.75) is 52.4 Å². The van der Waals surface area contributed by atoms with Gasteiger partial charge in [-0.3, -0.25) is 0 Å². The Morgan fingerprint density at radius 1 is 1.20 bits per heavy atom. The van der Waals surface area contributed by atoms with Crippen LogP contribution in [0.5, 0.6) is 11.5 Å². The third kappa shape index (κ3) is 4.30. The summed E-state index contributed by atoms with van der Waals surface area (Å²) < 4.78 is 4.59. The Labute approximate surface area is 124 Å². The number of carbonyl (C=O) groups is 1. The average molecular weight is 301 g/mol. The second-order valence-corrected chi connectivity index (χ2v) is 5.14. The molecule has 0 atom stereocenters. The Morgan fingerprint density at radius 3 is 2.25 bits per heavy atom. The monoisotopic (exact) mass is 300 g/mol. The molecule has 0 aliphatic carbocycles. The third-order valence-corrected chi connectivity index (χ3v) is 3.52. The highest BCUT2D eigenvalue weighted by Crippen LogP contribution is 2.39. The molecule has 4 nitrogen and oxygen atoms in total. The van der Waals surface area contributed by atoms with Gasteiger partial charge in [-0.15, -0.1) is 0 Å². The molecule has 1 rings (SSSR count). The lowest BCUT2D eigenvalue weighted by atomic mass is 9.96. The van der Waals surface area contributed by atoms with Crippen LogP contribution in [0, 0.1) is 0 Å². The quantitative estimate of drug-likeness (QED) is 0.561. The summed E-state index contributed by atoms with van der Waals surface area (Å²) in [5, 5.41) is 19.4. The number of hydrogen-bond acceptors (Lipinski definition) is 3. The van der Waals surface area contributed by atoms with E-state index in [1.54, 1.807) is 0 Å². The van der Waals surface area contributed by atoms with E-state index in [-0.39, 0.29) is 11.5 Å². The fourth-order valence-corrected chi connectivity index (χ4v) is 2.43. The number of phenols is 1. The molecule has 20 heavy (non-hydrogen) atoms. The molecule has 0 heterocycles. The molecule has 0 aromatic heterocycles. The number of carboxylic acid groups (broad SMARTS) is 1. The lowest BCUT2D eigenvalue weighted by molar-refractivity contribution is 0.143. The van der Waals surface area contributed by atoms with Crippen LogP contribution in [0.25, 0.3) is 0 Å². The topological polar surface area (TPSA) is 66.8 Å². The molecule has 0 fully saturated rings. The SMILES string of the molecule is CCCCc1c(Cl)cc(OC(=O)O)c(O)c1CCCC. The standard InChI is InChI=1S/C15H21ClO4/c1-3-5-7-10-11(8-6-4-2)14(17)13(9-12(10)16)20-15(18)19/h9,17H,3-8H2,1-2H3,(H,18,19). The average Bonchev–Trinajstić information content (AvgIpc) is 2.39. The second kappa shape index (κ2) is 8.00. The van der Waals surface area contributed by atoms with E-state index < -0.39 is 6.16 Å². The highest BCUT2D eigenvalue weighted by atomic mass is 35.5. The Kier molecular flexibility index (Phi) is 6.65. The van der Waals surface area contributed by atoms with Crippen molar-refractivity contribution in [3.8, 4) is 11.5 Å². The Balaban J connectivity index is 3.21. The van der Waals surface area contributed by atoms with Gasteiger partial charge < -0.3 is 14.9 Å². The maximum Gasteiger partial charge on any atom is 0.511 e. The number of unbranched alkanes of at least 4 members (excludes halogenated alkanes) is 2. The maximum atomic E-state index is 10.6. The highest BCUT2D eigenvalue weighted by molar-refractivity contribution is 6.31. The molecule has 2 N–H and O–H groups in total. The van der Waals surface area contributed by atoms with Gasteiger partial charge in [-0.25, -0.2) is 4.79 Å². The number of aromatic hydroxyl groups is 1. The van der Waals surface area contributed by atoms with Gasteiger partial charge in [0.2, 0.25) is 0 Å². The van der Waals surface area contributed by atoms with Crippen molar-refractivity contribution < 1.29 is 19.7 Å². The predicted molar refractivity (Wildman–Crippen MR) is 79.0 cm³/mol. The smallest absolute Gasteiger partial charge is 0.504 e. The van der Waals surface area contributed by atoms with Crippen molar-refractivity contribution in [1.29, 1.82) is 0 Å². The number of hydrogen-bond donors (Lipinski definition) is 2. The van der Waals surface area contributed by atoms with Crippen molar-refractivity contribution in [2.75, 3.05) is 0 Å². The molecule has 112 valence electrons. The maximum absolute atomic E-state index is 10.6. The first-order chi connectivity index (χ1) is 9.51. The van der Waals surface area contributed by atoms with E-state index in [9.17, 15) is 9.90 Å². The summed E-state index contributed by atoms with van der Waals surface area (Å²) in [7, 11) is 0. The zero-order valence-corrected chi connectivity index (χ0v) is 12.7. The van der Waals surface area contributed by atoms with Gasteiger partial charge in [-0.05, 0) is 31.2 Å². The molecule has 0 radical (unpaired) electrons. The van der Waals surface area contributed by atoms with E-state index in [0.29, 0.717) is 17.0 Å². The van der Waals surface area contributed by atoms with E-state index in [2.05, 4.69) is 18.6 Å². The largest absolute Gasteiger partial charge is 0.511 e. The number of benzene rings is 1. The van der Waals surface area contributed by atoms with Crippen LogP contribution in [-0.4, -0.2) is 16.4 Å². The van der Waals surface area contributed by atoms with Crippen molar-refractivity contribution in [1.82, 2.24) is 0 Å². The van der Waals surface area contributed by atoms with Crippen LogP contribution in [-0.2, 0) is 12.8 Å². The van der Waals surface area contributed by atoms with Crippen LogP contribution in [0.4, 0.5) is 4.79 Å². The van der Waals surface area contributed by atoms with Gasteiger partial charge in [0.25, 0.3) is 0 Å². The molecule has 0 saturated heterocycles.